The third kappa shape index (κ3) is 5.16. The SMILES string of the molecule is NC(=O)c1ccc2c(c1)N(Cc1ccc3ccccc3n1)C(=O)[C@@H](NC(=O)OCC1c3ccccc3-c3ccccc31)CS2. The molecule has 1 aromatic heterocycles. The molecule has 1 aliphatic heterocycles. The molecule has 0 saturated heterocycles. The van der Waals surface area contributed by atoms with E-state index in [2.05, 4.69) is 29.6 Å². The highest BCUT2D eigenvalue weighted by atomic mass is 32.2. The lowest BCUT2D eigenvalue weighted by Crippen LogP contribution is -2.49. The first-order valence-corrected chi connectivity index (χ1v) is 15.3. The zero-order valence-electron chi connectivity index (χ0n) is 23.6. The first-order chi connectivity index (χ1) is 21.5. The zero-order valence-corrected chi connectivity index (χ0v) is 24.4. The van der Waals surface area contributed by atoms with Gasteiger partial charge >= 0.3 is 6.09 Å². The zero-order chi connectivity index (χ0) is 30.2. The van der Waals surface area contributed by atoms with Gasteiger partial charge in [0.2, 0.25) is 5.91 Å². The van der Waals surface area contributed by atoms with Gasteiger partial charge in [0, 0.05) is 27.5 Å². The number of fused-ring (bicyclic) bond motifs is 5. The molecule has 5 aromatic rings. The van der Waals surface area contributed by atoms with Gasteiger partial charge in [-0.1, -0.05) is 72.8 Å². The van der Waals surface area contributed by atoms with Gasteiger partial charge in [-0.15, -0.1) is 11.8 Å². The Labute approximate surface area is 258 Å². The first kappa shape index (κ1) is 27.7. The minimum absolute atomic E-state index is 0.0979. The summed E-state index contributed by atoms with van der Waals surface area (Å²) in [4.78, 5) is 46.4. The average molecular weight is 601 g/mol. The molecule has 2 aliphatic rings. The second kappa shape index (κ2) is 11.5. The lowest BCUT2D eigenvalue weighted by Gasteiger charge is -2.26. The molecule has 0 radical (unpaired) electrons. The second-order valence-corrected chi connectivity index (χ2v) is 11.9. The molecule has 0 spiro atoms. The number of primary amides is 1. The van der Waals surface area contributed by atoms with E-state index in [-0.39, 0.29) is 36.3 Å². The number of anilines is 1. The fourth-order valence-electron chi connectivity index (χ4n) is 5.96. The van der Waals surface area contributed by atoms with Crippen LogP contribution in [0.15, 0.2) is 108 Å². The summed E-state index contributed by atoms with van der Waals surface area (Å²) < 4.78 is 5.76. The molecule has 0 unspecified atom stereocenters. The van der Waals surface area contributed by atoms with E-state index in [0.717, 1.165) is 38.1 Å². The van der Waals surface area contributed by atoms with Gasteiger partial charge in [0.05, 0.1) is 23.4 Å². The molecule has 0 saturated carbocycles. The largest absolute Gasteiger partial charge is 0.449 e. The number of thioether (sulfide) groups is 1. The monoisotopic (exact) mass is 600 g/mol. The molecule has 8 nitrogen and oxygen atoms in total. The lowest BCUT2D eigenvalue weighted by molar-refractivity contribution is -0.120. The number of rotatable bonds is 6. The molecule has 1 atom stereocenters. The Hall–Kier alpha value is -5.15. The molecule has 3 N–H and O–H groups in total. The van der Waals surface area contributed by atoms with Crippen LogP contribution < -0.4 is 16.0 Å². The first-order valence-electron chi connectivity index (χ1n) is 14.3. The maximum Gasteiger partial charge on any atom is 0.407 e. The van der Waals surface area contributed by atoms with Crippen LogP contribution in [0.2, 0.25) is 0 Å². The summed E-state index contributed by atoms with van der Waals surface area (Å²) in [6, 6.07) is 32.0. The van der Waals surface area contributed by atoms with Crippen LogP contribution in [-0.2, 0) is 16.1 Å². The van der Waals surface area contributed by atoms with Crippen LogP contribution in [0.1, 0.15) is 33.1 Å². The van der Waals surface area contributed by atoms with E-state index in [0.29, 0.717) is 11.4 Å². The number of benzene rings is 4. The number of amides is 3. The molecule has 7 rings (SSSR count). The molecule has 3 amide bonds. The van der Waals surface area contributed by atoms with Crippen molar-refractivity contribution in [3.8, 4) is 11.1 Å². The Balaban J connectivity index is 1.13. The number of nitrogens with two attached hydrogens (primary N) is 1. The topological polar surface area (TPSA) is 115 Å². The van der Waals surface area contributed by atoms with Gasteiger partial charge in [-0.2, -0.15) is 0 Å². The highest BCUT2D eigenvalue weighted by Gasteiger charge is 2.34. The Kier molecular flexibility index (Phi) is 7.23. The van der Waals surface area contributed by atoms with Gasteiger partial charge in [-0.05, 0) is 52.6 Å². The maximum atomic E-state index is 14.1. The number of ether oxygens (including phenoxy) is 1. The normalized spacial score (nSPS) is 15.7. The predicted octanol–water partition coefficient (Wildman–Crippen LogP) is 5.88. The molecule has 0 fully saturated rings. The summed E-state index contributed by atoms with van der Waals surface area (Å²) in [7, 11) is 0. The number of hydrogen-bond donors (Lipinski definition) is 2. The van der Waals surface area contributed by atoms with Crippen LogP contribution in [0.5, 0.6) is 0 Å². The van der Waals surface area contributed by atoms with Crippen LogP contribution in [0.4, 0.5) is 10.5 Å². The van der Waals surface area contributed by atoms with Crippen molar-refractivity contribution in [1.82, 2.24) is 10.3 Å². The van der Waals surface area contributed by atoms with E-state index < -0.39 is 18.0 Å². The van der Waals surface area contributed by atoms with E-state index >= 15 is 0 Å². The van der Waals surface area contributed by atoms with Crippen molar-refractivity contribution >= 4 is 46.3 Å². The highest BCUT2D eigenvalue weighted by Crippen LogP contribution is 2.44. The van der Waals surface area contributed by atoms with Crippen molar-refractivity contribution in [3.05, 3.63) is 126 Å². The molecular formula is C35H28N4O4S. The van der Waals surface area contributed by atoms with E-state index in [1.807, 2.05) is 60.7 Å². The molecule has 1 aliphatic carbocycles. The van der Waals surface area contributed by atoms with Gasteiger partial charge in [0.1, 0.15) is 12.6 Å². The maximum absolute atomic E-state index is 14.1. The van der Waals surface area contributed by atoms with Crippen molar-refractivity contribution in [1.29, 1.82) is 0 Å². The predicted molar refractivity (Wildman–Crippen MR) is 171 cm³/mol. The van der Waals surface area contributed by atoms with E-state index in [1.54, 1.807) is 23.1 Å². The molecule has 9 heteroatoms. The fourth-order valence-corrected chi connectivity index (χ4v) is 7.02. The van der Waals surface area contributed by atoms with Crippen LogP contribution >= 0.6 is 11.8 Å². The minimum Gasteiger partial charge on any atom is -0.449 e. The summed E-state index contributed by atoms with van der Waals surface area (Å²) in [5.74, 6) is -0.736. The standard InChI is InChI=1S/C35H28N4O4S/c36-33(40)22-14-16-32-31(17-22)39(18-23-15-13-21-7-1-6-12-29(21)37-23)34(41)30(20-44-32)38-35(42)43-19-28-26-10-4-2-8-24(26)25-9-3-5-11-27(25)28/h1-17,28,30H,18-20H2,(H2,36,40)(H,38,42)/t30-/m0/s1. The van der Waals surface area contributed by atoms with Gasteiger partial charge < -0.3 is 20.7 Å². The number of alkyl carbamates (subject to hydrolysis) is 1. The third-order valence-corrected chi connectivity index (χ3v) is 9.27. The van der Waals surface area contributed by atoms with Crippen molar-refractivity contribution in [2.45, 2.75) is 23.4 Å². The number of para-hydroxylation sites is 1. The summed E-state index contributed by atoms with van der Waals surface area (Å²) in [6.45, 7) is 0.281. The van der Waals surface area contributed by atoms with Crippen LogP contribution in [0, 0.1) is 0 Å². The fraction of sp³-hybridized carbons (Fsp3) is 0.143. The molecule has 0 bridgehead atoms. The Morgan fingerprint density at radius 3 is 2.36 bits per heavy atom. The highest BCUT2D eigenvalue weighted by molar-refractivity contribution is 7.99. The number of nitrogens with zero attached hydrogens (tertiary/aromatic N) is 2. The van der Waals surface area contributed by atoms with E-state index in [1.165, 1.54) is 11.8 Å². The van der Waals surface area contributed by atoms with Gasteiger partial charge in [-0.3, -0.25) is 14.6 Å². The van der Waals surface area contributed by atoms with Gasteiger partial charge in [0.25, 0.3) is 5.91 Å². The van der Waals surface area contributed by atoms with Gasteiger partial charge in [0.15, 0.2) is 0 Å². The number of pyridine rings is 1. The Morgan fingerprint density at radius 2 is 1.61 bits per heavy atom. The number of nitrogens with one attached hydrogen (secondary N) is 1. The van der Waals surface area contributed by atoms with Gasteiger partial charge in [-0.25, -0.2) is 4.79 Å². The second-order valence-electron chi connectivity index (χ2n) is 10.8. The van der Waals surface area contributed by atoms with Crippen molar-refractivity contribution in [2.75, 3.05) is 17.3 Å². The minimum atomic E-state index is -0.875. The van der Waals surface area contributed by atoms with Crippen molar-refractivity contribution < 1.29 is 19.1 Å². The molecule has 2 heterocycles. The molecule has 218 valence electrons. The molecule has 4 aromatic carbocycles. The van der Waals surface area contributed by atoms with Crippen molar-refractivity contribution in [2.24, 2.45) is 5.73 Å². The summed E-state index contributed by atoms with van der Waals surface area (Å²) in [5, 5.41) is 3.80. The number of carbonyl (C=O) groups is 3. The van der Waals surface area contributed by atoms with Crippen LogP contribution in [0.25, 0.3) is 22.0 Å². The van der Waals surface area contributed by atoms with E-state index in [4.69, 9.17) is 15.5 Å². The third-order valence-electron chi connectivity index (χ3n) is 8.12. The Morgan fingerprint density at radius 1 is 0.909 bits per heavy atom. The summed E-state index contributed by atoms with van der Waals surface area (Å²) in [5.41, 5.74) is 12.4. The van der Waals surface area contributed by atoms with Crippen molar-refractivity contribution in [3.63, 3.8) is 0 Å². The lowest BCUT2D eigenvalue weighted by atomic mass is 9.98. The van der Waals surface area contributed by atoms with E-state index in [9.17, 15) is 14.4 Å². The average Bonchev–Trinajstić information content (AvgIpc) is 3.31. The quantitative estimate of drug-likeness (QED) is 0.252. The molecular weight excluding hydrogens is 572 g/mol. The number of hydrogen-bond acceptors (Lipinski definition) is 6. The Bertz CT molecular complexity index is 1900. The number of carbonyl (C=O) groups excluding carboxylic acids is 3. The molecule has 44 heavy (non-hydrogen) atoms. The van der Waals surface area contributed by atoms with Crippen LogP contribution in [-0.4, -0.2) is 41.3 Å². The smallest absolute Gasteiger partial charge is 0.407 e. The van der Waals surface area contributed by atoms with Crippen LogP contribution in [0.3, 0.4) is 0 Å². The number of aromatic nitrogens is 1. The summed E-state index contributed by atoms with van der Waals surface area (Å²) in [6.07, 6.45) is -0.668. The summed E-state index contributed by atoms with van der Waals surface area (Å²) >= 11 is 1.42.